The summed E-state index contributed by atoms with van der Waals surface area (Å²) in [5, 5.41) is 19.6. The van der Waals surface area contributed by atoms with E-state index in [0.29, 0.717) is 0 Å². The van der Waals surface area contributed by atoms with E-state index in [1.165, 1.54) is 21.3 Å². The van der Waals surface area contributed by atoms with Crippen LogP contribution in [0.25, 0.3) is 0 Å². The van der Waals surface area contributed by atoms with Crippen LogP contribution in [0.5, 0.6) is 0 Å². The summed E-state index contributed by atoms with van der Waals surface area (Å²) >= 11 is 0. The smallest absolute Gasteiger partial charge is 0.220 e. The lowest BCUT2D eigenvalue weighted by Crippen LogP contribution is -2.73. The molecule has 2 saturated heterocycles. The van der Waals surface area contributed by atoms with Gasteiger partial charge in [-0.15, -0.1) is 0 Å². The normalized spacial score (nSPS) is 50.7. The molecular weight excluding hydrogens is 284 g/mol. The van der Waals surface area contributed by atoms with Crippen LogP contribution in [0.3, 0.4) is 0 Å². The Morgan fingerprint density at radius 1 is 1.00 bits per heavy atom. The molecule has 7 atom stereocenters. The van der Waals surface area contributed by atoms with Crippen LogP contribution < -0.4 is 0 Å². The number of aliphatic hydroxyl groups is 2. The van der Waals surface area contributed by atoms with E-state index in [1.54, 1.807) is 13.8 Å². The third kappa shape index (κ3) is 2.60. The summed E-state index contributed by atoms with van der Waals surface area (Å²) < 4.78 is 33.4. The molecule has 0 bridgehead atoms. The SMILES string of the molecule is CO[C@@H]1O[C@H](CO)[C@@H](O)[C@@H]2O[C@@](C)(OC)[C@](C)(OC)O[C@@H]12. The van der Waals surface area contributed by atoms with Gasteiger partial charge in [0.2, 0.25) is 11.6 Å². The van der Waals surface area contributed by atoms with Crippen LogP contribution in [0.15, 0.2) is 0 Å². The van der Waals surface area contributed by atoms with Gasteiger partial charge in [-0.3, -0.25) is 0 Å². The monoisotopic (exact) mass is 308 g/mol. The zero-order chi connectivity index (χ0) is 15.8. The first-order valence-corrected chi connectivity index (χ1v) is 6.79. The number of rotatable bonds is 4. The number of hydrogen-bond acceptors (Lipinski definition) is 8. The fourth-order valence-corrected chi connectivity index (χ4v) is 2.69. The minimum absolute atomic E-state index is 0.362. The molecule has 2 fully saturated rings. The van der Waals surface area contributed by atoms with Crippen molar-refractivity contribution in [3.63, 3.8) is 0 Å². The quantitative estimate of drug-likeness (QED) is 0.698. The molecule has 2 heterocycles. The maximum Gasteiger partial charge on any atom is 0.220 e. The second-order valence-corrected chi connectivity index (χ2v) is 5.42. The lowest BCUT2D eigenvalue weighted by molar-refractivity contribution is -0.483. The fourth-order valence-electron chi connectivity index (χ4n) is 2.69. The molecule has 0 aliphatic carbocycles. The highest BCUT2D eigenvalue weighted by atomic mass is 16.8. The van der Waals surface area contributed by atoms with Gasteiger partial charge in [0.25, 0.3) is 0 Å². The van der Waals surface area contributed by atoms with Crippen LogP contribution in [0, 0.1) is 0 Å². The summed E-state index contributed by atoms with van der Waals surface area (Å²) in [6.07, 6.45) is -4.21. The Kier molecular flexibility index (Phi) is 4.91. The number of ether oxygens (including phenoxy) is 6. The molecule has 124 valence electrons. The van der Waals surface area contributed by atoms with Crippen molar-refractivity contribution in [1.29, 1.82) is 0 Å². The maximum absolute atomic E-state index is 10.3. The molecule has 0 unspecified atom stereocenters. The highest BCUT2D eigenvalue weighted by Crippen LogP contribution is 2.43. The van der Waals surface area contributed by atoms with Crippen molar-refractivity contribution in [2.24, 2.45) is 0 Å². The molecule has 0 spiro atoms. The van der Waals surface area contributed by atoms with Crippen LogP contribution >= 0.6 is 0 Å². The zero-order valence-electron chi connectivity index (χ0n) is 12.9. The van der Waals surface area contributed by atoms with Gasteiger partial charge in [-0.05, 0) is 13.8 Å². The summed E-state index contributed by atoms with van der Waals surface area (Å²) in [5.41, 5.74) is 0. The van der Waals surface area contributed by atoms with Crippen molar-refractivity contribution < 1.29 is 38.6 Å². The first-order valence-electron chi connectivity index (χ1n) is 6.79. The Hall–Kier alpha value is -0.320. The molecule has 0 aromatic heterocycles. The van der Waals surface area contributed by atoms with E-state index in [4.69, 9.17) is 28.4 Å². The van der Waals surface area contributed by atoms with E-state index < -0.39 is 42.3 Å². The third-order valence-electron chi connectivity index (χ3n) is 4.36. The zero-order valence-corrected chi connectivity index (χ0v) is 12.9. The van der Waals surface area contributed by atoms with E-state index in [1.807, 2.05) is 0 Å². The minimum Gasteiger partial charge on any atom is -0.394 e. The number of hydrogen-bond donors (Lipinski definition) is 2. The molecule has 0 amide bonds. The number of fused-ring (bicyclic) bond motifs is 1. The summed E-state index contributed by atoms with van der Waals surface area (Å²) in [6, 6.07) is 0. The Morgan fingerprint density at radius 2 is 1.52 bits per heavy atom. The van der Waals surface area contributed by atoms with Crippen LogP contribution in [-0.4, -0.2) is 80.4 Å². The van der Waals surface area contributed by atoms with Crippen molar-refractivity contribution in [1.82, 2.24) is 0 Å². The van der Waals surface area contributed by atoms with Crippen LogP contribution in [0.2, 0.25) is 0 Å². The van der Waals surface area contributed by atoms with Gasteiger partial charge in [-0.2, -0.15) is 0 Å². The van der Waals surface area contributed by atoms with Crippen molar-refractivity contribution >= 4 is 0 Å². The van der Waals surface area contributed by atoms with Crippen molar-refractivity contribution in [2.75, 3.05) is 27.9 Å². The van der Waals surface area contributed by atoms with Crippen LogP contribution in [0.4, 0.5) is 0 Å². The predicted molar refractivity (Wildman–Crippen MR) is 69.3 cm³/mol. The highest BCUT2D eigenvalue weighted by Gasteiger charge is 2.62. The molecule has 21 heavy (non-hydrogen) atoms. The molecule has 2 rings (SSSR count). The van der Waals surface area contributed by atoms with Gasteiger partial charge in [-0.1, -0.05) is 0 Å². The standard InChI is InChI=1S/C13H24O8/c1-12(17-4)13(2,18-5)21-10-9(20-12)8(15)7(6-14)19-11(10)16-3/h7-11,14-15H,6H2,1-5H3/t7-,8-,9+,10-,11-,12-,13-/m1/s1. The molecule has 8 nitrogen and oxygen atoms in total. The summed E-state index contributed by atoms with van der Waals surface area (Å²) in [7, 11) is 4.38. The summed E-state index contributed by atoms with van der Waals surface area (Å²) in [5.74, 6) is -2.45. The lowest BCUT2D eigenvalue weighted by atomic mass is 9.94. The van der Waals surface area contributed by atoms with E-state index in [2.05, 4.69) is 0 Å². The maximum atomic E-state index is 10.3. The van der Waals surface area contributed by atoms with Crippen LogP contribution in [0.1, 0.15) is 13.8 Å². The van der Waals surface area contributed by atoms with Crippen molar-refractivity contribution in [2.45, 2.75) is 56.1 Å². The van der Waals surface area contributed by atoms with E-state index in [-0.39, 0.29) is 6.61 Å². The number of aliphatic hydroxyl groups excluding tert-OH is 2. The molecule has 0 aromatic rings. The average molecular weight is 308 g/mol. The molecule has 8 heteroatoms. The lowest BCUT2D eigenvalue weighted by Gasteiger charge is -2.56. The summed E-state index contributed by atoms with van der Waals surface area (Å²) in [6.45, 7) is 2.97. The van der Waals surface area contributed by atoms with Gasteiger partial charge >= 0.3 is 0 Å². The molecule has 2 aliphatic rings. The van der Waals surface area contributed by atoms with Gasteiger partial charge in [0, 0.05) is 21.3 Å². The van der Waals surface area contributed by atoms with Crippen molar-refractivity contribution in [3.8, 4) is 0 Å². The third-order valence-corrected chi connectivity index (χ3v) is 4.36. The Labute approximate surface area is 123 Å². The minimum atomic E-state index is -1.24. The molecular formula is C13H24O8. The largest absolute Gasteiger partial charge is 0.394 e. The van der Waals surface area contributed by atoms with Crippen LogP contribution in [-0.2, 0) is 28.4 Å². The molecule has 2 aliphatic heterocycles. The second-order valence-electron chi connectivity index (χ2n) is 5.42. The van der Waals surface area contributed by atoms with Gasteiger partial charge < -0.3 is 38.6 Å². The van der Waals surface area contributed by atoms with Gasteiger partial charge in [-0.25, -0.2) is 0 Å². The Balaban J connectivity index is 2.33. The predicted octanol–water partition coefficient (Wildman–Crippen LogP) is -0.780. The van der Waals surface area contributed by atoms with Gasteiger partial charge in [0.1, 0.15) is 24.4 Å². The Morgan fingerprint density at radius 3 is 1.95 bits per heavy atom. The van der Waals surface area contributed by atoms with E-state index in [0.717, 1.165) is 0 Å². The van der Waals surface area contributed by atoms with Gasteiger partial charge in [0.15, 0.2) is 6.29 Å². The first-order chi connectivity index (χ1) is 9.85. The molecule has 0 radical (unpaired) electrons. The van der Waals surface area contributed by atoms with E-state index in [9.17, 15) is 10.2 Å². The second kappa shape index (κ2) is 6.05. The first kappa shape index (κ1) is 17.0. The van der Waals surface area contributed by atoms with E-state index >= 15 is 0 Å². The summed E-state index contributed by atoms with van der Waals surface area (Å²) in [4.78, 5) is 0. The number of methoxy groups -OCH3 is 3. The topological polar surface area (TPSA) is 95.8 Å². The van der Waals surface area contributed by atoms with Gasteiger partial charge in [0.05, 0.1) is 6.61 Å². The highest BCUT2D eigenvalue weighted by molar-refractivity contribution is 4.99. The molecule has 0 aromatic carbocycles. The fraction of sp³-hybridized carbons (Fsp3) is 1.00. The van der Waals surface area contributed by atoms with Crippen molar-refractivity contribution in [3.05, 3.63) is 0 Å². The molecule has 0 saturated carbocycles. The molecule has 2 N–H and O–H groups in total. The average Bonchev–Trinajstić information content (AvgIpc) is 2.50. The Bertz CT molecular complexity index is 366.